The molecule has 0 bridgehead atoms. The van der Waals surface area contributed by atoms with E-state index in [2.05, 4.69) is 18.9 Å². The number of carbonyl (C=O) groups excluding carboxylic acids is 1. The second-order valence-corrected chi connectivity index (χ2v) is 8.06. The molecule has 2 aliphatic heterocycles. The number of carbonyl (C=O) groups is 1. The maximum absolute atomic E-state index is 13.0. The number of amides is 1. The van der Waals surface area contributed by atoms with E-state index in [0.29, 0.717) is 50.5 Å². The number of aliphatic hydroxyl groups excluding tert-OH is 2. The van der Waals surface area contributed by atoms with Crippen LogP contribution in [0.4, 0.5) is 0 Å². The van der Waals surface area contributed by atoms with Gasteiger partial charge in [0.05, 0.1) is 24.0 Å². The molecule has 2 fully saturated rings. The summed E-state index contributed by atoms with van der Waals surface area (Å²) in [6, 6.07) is 1.92. The van der Waals surface area contributed by atoms with Gasteiger partial charge < -0.3 is 19.8 Å². The van der Waals surface area contributed by atoms with Crippen LogP contribution in [0.15, 0.2) is 6.07 Å². The SMILES string of the molecule is CCn1nc(CC(C)C)cc1C(=O)N1CCC2(CC1)C[C@@H](O)[C@@H](O)CO2. The molecule has 1 spiro atoms. The van der Waals surface area contributed by atoms with E-state index in [-0.39, 0.29) is 12.5 Å². The van der Waals surface area contributed by atoms with Crippen LogP contribution in [0.3, 0.4) is 0 Å². The van der Waals surface area contributed by atoms with Crippen molar-refractivity contribution in [2.45, 2.75) is 70.8 Å². The lowest BCUT2D eigenvalue weighted by molar-refractivity contribution is -0.185. The summed E-state index contributed by atoms with van der Waals surface area (Å²) < 4.78 is 7.64. The maximum atomic E-state index is 13.0. The van der Waals surface area contributed by atoms with Crippen molar-refractivity contribution in [2.75, 3.05) is 19.7 Å². The molecule has 2 atom stereocenters. The number of hydrogen-bond acceptors (Lipinski definition) is 5. The number of piperidine rings is 1. The van der Waals surface area contributed by atoms with Crippen LogP contribution in [0.2, 0.25) is 0 Å². The van der Waals surface area contributed by atoms with E-state index < -0.39 is 17.8 Å². The first-order valence-electron chi connectivity index (χ1n) is 9.69. The Kier molecular flexibility index (Phi) is 5.69. The van der Waals surface area contributed by atoms with Gasteiger partial charge >= 0.3 is 0 Å². The van der Waals surface area contributed by atoms with Gasteiger partial charge in [-0.1, -0.05) is 13.8 Å². The second kappa shape index (κ2) is 7.66. The van der Waals surface area contributed by atoms with E-state index in [0.717, 1.165) is 12.1 Å². The van der Waals surface area contributed by atoms with Crippen molar-refractivity contribution in [1.29, 1.82) is 0 Å². The van der Waals surface area contributed by atoms with Crippen molar-refractivity contribution < 1.29 is 19.7 Å². The van der Waals surface area contributed by atoms with Gasteiger partial charge in [-0.25, -0.2) is 0 Å². The lowest BCUT2D eigenvalue weighted by Crippen LogP contribution is -2.55. The van der Waals surface area contributed by atoms with Crippen molar-refractivity contribution in [3.63, 3.8) is 0 Å². The first-order valence-corrected chi connectivity index (χ1v) is 9.69. The topological polar surface area (TPSA) is 87.8 Å². The monoisotopic (exact) mass is 365 g/mol. The summed E-state index contributed by atoms with van der Waals surface area (Å²) in [6.45, 7) is 8.31. The molecule has 0 unspecified atom stereocenters. The predicted octanol–water partition coefficient (Wildman–Crippen LogP) is 1.22. The van der Waals surface area contributed by atoms with Crippen LogP contribution in [-0.4, -0.2) is 68.3 Å². The number of aromatic nitrogens is 2. The molecule has 2 N–H and O–H groups in total. The van der Waals surface area contributed by atoms with Gasteiger partial charge in [-0.2, -0.15) is 5.10 Å². The number of likely N-dealkylation sites (tertiary alicyclic amines) is 1. The largest absolute Gasteiger partial charge is 0.390 e. The smallest absolute Gasteiger partial charge is 0.272 e. The van der Waals surface area contributed by atoms with Crippen molar-refractivity contribution in [3.8, 4) is 0 Å². The summed E-state index contributed by atoms with van der Waals surface area (Å²) in [4.78, 5) is 14.9. The van der Waals surface area contributed by atoms with Gasteiger partial charge in [0.25, 0.3) is 5.91 Å². The van der Waals surface area contributed by atoms with E-state index in [1.807, 2.05) is 17.9 Å². The molecule has 0 aliphatic carbocycles. The summed E-state index contributed by atoms with van der Waals surface area (Å²) in [7, 11) is 0. The minimum Gasteiger partial charge on any atom is -0.390 e. The third-order valence-corrected chi connectivity index (χ3v) is 5.51. The number of rotatable bonds is 4. The second-order valence-electron chi connectivity index (χ2n) is 8.06. The standard InChI is InChI=1S/C19H31N3O4/c1-4-22-15(10-14(20-22)9-13(2)3)18(25)21-7-5-19(6-8-21)11-16(23)17(24)12-26-19/h10,13,16-17,23-24H,4-9,11-12H2,1-3H3/t16-,17+/m1/s1. The lowest BCUT2D eigenvalue weighted by atomic mass is 9.82. The van der Waals surface area contributed by atoms with Crippen LogP contribution in [0.1, 0.15) is 56.2 Å². The molecule has 0 aromatic carbocycles. The van der Waals surface area contributed by atoms with Crippen molar-refractivity contribution in [2.24, 2.45) is 5.92 Å². The molecule has 3 heterocycles. The van der Waals surface area contributed by atoms with E-state index in [1.54, 1.807) is 4.68 Å². The van der Waals surface area contributed by atoms with E-state index in [9.17, 15) is 15.0 Å². The fourth-order valence-corrected chi connectivity index (χ4v) is 3.98. The molecule has 26 heavy (non-hydrogen) atoms. The Morgan fingerprint density at radius 2 is 2.04 bits per heavy atom. The Labute approximate surface area is 154 Å². The highest BCUT2D eigenvalue weighted by Gasteiger charge is 2.43. The van der Waals surface area contributed by atoms with Crippen LogP contribution in [0.25, 0.3) is 0 Å². The highest BCUT2D eigenvalue weighted by atomic mass is 16.5. The zero-order chi connectivity index (χ0) is 18.9. The normalized spacial score (nSPS) is 25.8. The fourth-order valence-electron chi connectivity index (χ4n) is 3.98. The molecule has 0 saturated carbocycles. The molecule has 0 radical (unpaired) electrons. The Balaban J connectivity index is 1.66. The average Bonchev–Trinajstić information content (AvgIpc) is 3.01. The Hall–Kier alpha value is -1.44. The molecule has 7 nitrogen and oxygen atoms in total. The van der Waals surface area contributed by atoms with E-state index in [1.165, 1.54) is 0 Å². The van der Waals surface area contributed by atoms with Crippen LogP contribution in [0, 0.1) is 5.92 Å². The molecule has 1 aromatic rings. The van der Waals surface area contributed by atoms with Gasteiger partial charge in [0, 0.05) is 26.1 Å². The van der Waals surface area contributed by atoms with E-state index in [4.69, 9.17) is 4.74 Å². The molecule has 3 rings (SSSR count). The number of hydrogen-bond donors (Lipinski definition) is 2. The summed E-state index contributed by atoms with van der Waals surface area (Å²) in [5.41, 5.74) is 1.20. The third kappa shape index (κ3) is 3.94. The molecule has 2 aliphatic rings. The van der Waals surface area contributed by atoms with Gasteiger partial charge in [0.1, 0.15) is 11.8 Å². The molecule has 146 valence electrons. The first kappa shape index (κ1) is 19.3. The average molecular weight is 365 g/mol. The molecular formula is C19H31N3O4. The fraction of sp³-hybridized carbons (Fsp3) is 0.789. The summed E-state index contributed by atoms with van der Waals surface area (Å²) in [6.07, 6.45) is 1.11. The summed E-state index contributed by atoms with van der Waals surface area (Å²) in [5.74, 6) is 0.513. The van der Waals surface area contributed by atoms with Crippen molar-refractivity contribution in [3.05, 3.63) is 17.5 Å². The van der Waals surface area contributed by atoms with Gasteiger partial charge in [0.15, 0.2) is 0 Å². The van der Waals surface area contributed by atoms with Gasteiger partial charge in [-0.15, -0.1) is 0 Å². The first-order chi connectivity index (χ1) is 12.3. The van der Waals surface area contributed by atoms with Crippen LogP contribution in [0.5, 0.6) is 0 Å². The molecule has 1 amide bonds. The van der Waals surface area contributed by atoms with Crippen LogP contribution >= 0.6 is 0 Å². The van der Waals surface area contributed by atoms with Crippen molar-refractivity contribution >= 4 is 5.91 Å². The Morgan fingerprint density at radius 3 is 2.62 bits per heavy atom. The zero-order valence-corrected chi connectivity index (χ0v) is 16.0. The van der Waals surface area contributed by atoms with E-state index >= 15 is 0 Å². The Morgan fingerprint density at radius 1 is 1.35 bits per heavy atom. The Bertz CT molecular complexity index is 635. The third-order valence-electron chi connectivity index (χ3n) is 5.51. The zero-order valence-electron chi connectivity index (χ0n) is 16.0. The lowest BCUT2D eigenvalue weighted by Gasteiger charge is -2.46. The molecule has 1 aromatic heterocycles. The van der Waals surface area contributed by atoms with Gasteiger partial charge in [-0.3, -0.25) is 9.48 Å². The molecule has 2 saturated heterocycles. The van der Waals surface area contributed by atoms with Gasteiger partial charge in [-0.05, 0) is 38.2 Å². The predicted molar refractivity (Wildman–Crippen MR) is 96.9 cm³/mol. The van der Waals surface area contributed by atoms with Crippen LogP contribution in [-0.2, 0) is 17.7 Å². The number of nitrogens with zero attached hydrogens (tertiary/aromatic N) is 3. The summed E-state index contributed by atoms with van der Waals surface area (Å²) >= 11 is 0. The minimum absolute atomic E-state index is 0.0144. The van der Waals surface area contributed by atoms with Crippen LogP contribution < -0.4 is 0 Å². The van der Waals surface area contributed by atoms with Gasteiger partial charge in [0.2, 0.25) is 0 Å². The number of aliphatic hydroxyl groups is 2. The highest BCUT2D eigenvalue weighted by molar-refractivity contribution is 5.92. The maximum Gasteiger partial charge on any atom is 0.272 e. The quantitative estimate of drug-likeness (QED) is 0.838. The highest BCUT2D eigenvalue weighted by Crippen LogP contribution is 2.35. The number of ether oxygens (including phenoxy) is 1. The minimum atomic E-state index is -0.807. The molecule has 7 heteroatoms. The number of aryl methyl sites for hydroxylation is 1. The molecular weight excluding hydrogens is 334 g/mol. The summed E-state index contributed by atoms with van der Waals surface area (Å²) in [5, 5.41) is 24.2. The van der Waals surface area contributed by atoms with Crippen molar-refractivity contribution in [1.82, 2.24) is 14.7 Å².